The lowest BCUT2D eigenvalue weighted by molar-refractivity contribution is -0.380. The number of nitrogens with one attached hydrogen (secondary N) is 1. The van der Waals surface area contributed by atoms with E-state index < -0.39 is 22.5 Å². The average molecular weight is 334 g/mol. The Hall–Kier alpha value is -3.20. The van der Waals surface area contributed by atoms with Gasteiger partial charge in [0.2, 0.25) is 5.91 Å². The van der Waals surface area contributed by atoms with Crippen LogP contribution < -0.4 is 5.32 Å². The molecule has 0 bridgehead atoms. The Morgan fingerprint density at radius 3 is 2.61 bits per heavy atom. The molecule has 0 aliphatic heterocycles. The smallest absolute Gasteiger partial charge is 0.339 e. The molecule has 118 valence electrons. The maximum atomic E-state index is 11.8. The first-order valence-corrected chi connectivity index (χ1v) is 6.98. The summed E-state index contributed by atoms with van der Waals surface area (Å²) >= 11 is 0.921. The zero-order valence-electron chi connectivity index (χ0n) is 11.4. The van der Waals surface area contributed by atoms with Gasteiger partial charge in [-0.15, -0.1) is 0 Å². The number of phenols is 1. The number of carbonyl (C=O) groups is 2. The number of amides is 1. The van der Waals surface area contributed by atoms with Crippen LogP contribution in [0.25, 0.3) is 6.08 Å². The molecule has 9 heteroatoms. The minimum atomic E-state index is -1.32. The maximum Gasteiger partial charge on any atom is 0.339 e. The van der Waals surface area contributed by atoms with Crippen LogP contribution in [0.3, 0.4) is 0 Å². The molecule has 23 heavy (non-hydrogen) atoms. The molecule has 1 amide bonds. The maximum absolute atomic E-state index is 11.8. The molecule has 1 aromatic heterocycles. The number of aromatic hydroxyl groups is 1. The van der Waals surface area contributed by atoms with Crippen LogP contribution in [-0.4, -0.2) is 27.0 Å². The largest absolute Gasteiger partial charge is 0.507 e. The summed E-state index contributed by atoms with van der Waals surface area (Å²) in [5.41, 5.74) is -0.132. The van der Waals surface area contributed by atoms with Crippen LogP contribution in [0.1, 0.15) is 15.2 Å². The molecule has 0 spiro atoms. The predicted octanol–water partition coefficient (Wildman–Crippen LogP) is 2.71. The van der Waals surface area contributed by atoms with Crippen molar-refractivity contribution in [3.05, 3.63) is 57.0 Å². The van der Waals surface area contributed by atoms with E-state index in [-0.39, 0.29) is 16.3 Å². The highest BCUT2D eigenvalue weighted by molar-refractivity contribution is 7.16. The van der Waals surface area contributed by atoms with Gasteiger partial charge in [0.1, 0.15) is 11.3 Å². The summed E-state index contributed by atoms with van der Waals surface area (Å²) < 4.78 is 0. The first-order valence-electron chi connectivity index (χ1n) is 6.16. The first-order chi connectivity index (χ1) is 10.9. The Labute approximate surface area is 133 Å². The normalized spacial score (nSPS) is 10.6. The molecule has 2 rings (SSSR count). The summed E-state index contributed by atoms with van der Waals surface area (Å²) in [6.07, 6.45) is 2.58. The lowest BCUT2D eigenvalue weighted by Crippen LogP contribution is -2.08. The second-order valence-electron chi connectivity index (χ2n) is 4.29. The minimum Gasteiger partial charge on any atom is -0.507 e. The molecule has 1 aromatic carbocycles. The van der Waals surface area contributed by atoms with E-state index in [9.17, 15) is 24.8 Å². The number of benzene rings is 1. The number of carboxylic acids is 1. The number of anilines is 1. The zero-order chi connectivity index (χ0) is 17.0. The van der Waals surface area contributed by atoms with Crippen molar-refractivity contribution < 1.29 is 24.7 Å². The van der Waals surface area contributed by atoms with E-state index in [1.807, 2.05) is 0 Å². The number of rotatable bonds is 5. The van der Waals surface area contributed by atoms with Crippen molar-refractivity contribution in [2.75, 3.05) is 5.32 Å². The number of nitrogens with zero attached hydrogens (tertiary/aromatic N) is 1. The van der Waals surface area contributed by atoms with Crippen LogP contribution in [0.2, 0.25) is 0 Å². The van der Waals surface area contributed by atoms with Crippen LogP contribution in [0.4, 0.5) is 10.7 Å². The molecule has 0 aliphatic carbocycles. The molecular weight excluding hydrogens is 324 g/mol. The van der Waals surface area contributed by atoms with Gasteiger partial charge >= 0.3 is 11.0 Å². The van der Waals surface area contributed by atoms with E-state index in [2.05, 4.69) is 5.32 Å². The van der Waals surface area contributed by atoms with Gasteiger partial charge in [0.25, 0.3) is 0 Å². The second kappa shape index (κ2) is 6.71. The van der Waals surface area contributed by atoms with E-state index in [1.54, 1.807) is 0 Å². The van der Waals surface area contributed by atoms with Crippen molar-refractivity contribution in [3.63, 3.8) is 0 Å². The molecule has 3 N–H and O–H groups in total. The number of hydrogen-bond acceptors (Lipinski definition) is 6. The number of carbonyl (C=O) groups excluding carboxylic acids is 1. The third kappa shape index (κ3) is 4.14. The van der Waals surface area contributed by atoms with E-state index in [1.165, 1.54) is 30.4 Å². The number of nitro groups is 1. The van der Waals surface area contributed by atoms with E-state index in [0.29, 0.717) is 4.88 Å². The summed E-state index contributed by atoms with van der Waals surface area (Å²) in [6.45, 7) is 0. The Morgan fingerprint density at radius 1 is 1.26 bits per heavy atom. The van der Waals surface area contributed by atoms with Crippen LogP contribution in [-0.2, 0) is 4.79 Å². The average Bonchev–Trinajstić information content (AvgIpc) is 2.96. The molecule has 1 heterocycles. The molecule has 0 saturated heterocycles. The number of carboxylic acid groups (broad SMARTS) is 1. The molecule has 0 atom stereocenters. The van der Waals surface area contributed by atoms with Gasteiger partial charge in [0, 0.05) is 22.7 Å². The molecule has 2 aromatic rings. The van der Waals surface area contributed by atoms with Crippen molar-refractivity contribution in [3.8, 4) is 5.75 Å². The van der Waals surface area contributed by atoms with Gasteiger partial charge < -0.3 is 15.5 Å². The van der Waals surface area contributed by atoms with E-state index in [0.717, 1.165) is 23.5 Å². The predicted molar refractivity (Wildman–Crippen MR) is 83.7 cm³/mol. The highest BCUT2D eigenvalue weighted by Crippen LogP contribution is 2.25. The van der Waals surface area contributed by atoms with Gasteiger partial charge in [-0.2, -0.15) is 0 Å². The lowest BCUT2D eigenvalue weighted by atomic mass is 10.2. The SMILES string of the molecule is O=C(/C=C/c1ccc([N+](=O)[O-])s1)Nc1ccc(O)c(C(=O)O)c1. The summed E-state index contributed by atoms with van der Waals surface area (Å²) in [5.74, 6) is -2.26. The third-order valence-corrected chi connectivity index (χ3v) is 3.69. The highest BCUT2D eigenvalue weighted by atomic mass is 32.1. The number of hydrogen-bond donors (Lipinski definition) is 3. The van der Waals surface area contributed by atoms with Gasteiger partial charge in [-0.3, -0.25) is 14.9 Å². The molecule has 0 unspecified atom stereocenters. The third-order valence-electron chi connectivity index (χ3n) is 2.69. The Kier molecular flexibility index (Phi) is 4.72. The fourth-order valence-corrected chi connectivity index (χ4v) is 2.38. The van der Waals surface area contributed by atoms with Crippen molar-refractivity contribution in [2.24, 2.45) is 0 Å². The van der Waals surface area contributed by atoms with Crippen LogP contribution >= 0.6 is 11.3 Å². The number of thiophene rings is 1. The van der Waals surface area contributed by atoms with Gasteiger partial charge in [0.05, 0.1) is 4.92 Å². The summed E-state index contributed by atoms with van der Waals surface area (Å²) in [6, 6.07) is 6.48. The molecule has 8 nitrogen and oxygen atoms in total. The lowest BCUT2D eigenvalue weighted by Gasteiger charge is -2.05. The van der Waals surface area contributed by atoms with Gasteiger partial charge in [-0.25, -0.2) is 4.79 Å². The van der Waals surface area contributed by atoms with E-state index >= 15 is 0 Å². The Morgan fingerprint density at radius 2 is 2.00 bits per heavy atom. The molecule has 0 fully saturated rings. The second-order valence-corrected chi connectivity index (χ2v) is 5.39. The summed E-state index contributed by atoms with van der Waals surface area (Å²) in [4.78, 5) is 33.2. The fourth-order valence-electron chi connectivity index (χ4n) is 1.66. The fraction of sp³-hybridized carbons (Fsp3) is 0. The van der Waals surface area contributed by atoms with Crippen molar-refractivity contribution >= 4 is 40.0 Å². The van der Waals surface area contributed by atoms with Gasteiger partial charge in [-0.05, 0) is 30.3 Å². The molecule has 0 saturated carbocycles. The van der Waals surface area contributed by atoms with Crippen molar-refractivity contribution in [2.45, 2.75) is 0 Å². The molecular formula is C14H10N2O6S. The van der Waals surface area contributed by atoms with E-state index in [4.69, 9.17) is 5.11 Å². The standard InChI is InChI=1S/C14H10N2O6S/c17-11-4-1-8(7-10(11)14(19)20)15-12(18)5-2-9-3-6-13(23-9)16(21)22/h1-7,17H,(H,15,18)(H,19,20)/b5-2+. The van der Waals surface area contributed by atoms with Crippen LogP contribution in [0.5, 0.6) is 5.75 Å². The van der Waals surface area contributed by atoms with Gasteiger partial charge in [0.15, 0.2) is 0 Å². The van der Waals surface area contributed by atoms with Gasteiger partial charge in [-0.1, -0.05) is 11.3 Å². The summed E-state index contributed by atoms with van der Waals surface area (Å²) in [5, 5.41) is 31.2. The minimum absolute atomic E-state index is 0.0327. The van der Waals surface area contributed by atoms with Crippen LogP contribution in [0.15, 0.2) is 36.4 Å². The first kappa shape index (κ1) is 16.2. The quantitative estimate of drug-likeness (QED) is 0.333. The zero-order valence-corrected chi connectivity index (χ0v) is 12.2. The van der Waals surface area contributed by atoms with Crippen LogP contribution in [0, 0.1) is 10.1 Å². The monoisotopic (exact) mass is 334 g/mol. The molecule has 0 aliphatic rings. The Bertz CT molecular complexity index is 811. The van der Waals surface area contributed by atoms with Crippen molar-refractivity contribution in [1.29, 1.82) is 0 Å². The molecule has 0 radical (unpaired) electrons. The Balaban J connectivity index is 2.07. The van der Waals surface area contributed by atoms with Crippen molar-refractivity contribution in [1.82, 2.24) is 0 Å². The number of aromatic carboxylic acids is 1. The summed E-state index contributed by atoms with van der Waals surface area (Å²) in [7, 11) is 0. The topological polar surface area (TPSA) is 130 Å². The highest BCUT2D eigenvalue weighted by Gasteiger charge is 2.11.